The number of aliphatic carboxylic acids is 1. The van der Waals surface area contributed by atoms with Crippen molar-refractivity contribution in [3.05, 3.63) is 89.6 Å². The number of urea groups is 1. The van der Waals surface area contributed by atoms with Gasteiger partial charge in [-0.2, -0.15) is 0 Å². The minimum atomic E-state index is -1.14. The summed E-state index contributed by atoms with van der Waals surface area (Å²) in [5, 5.41) is 21.5. The fourth-order valence-electron chi connectivity index (χ4n) is 3.55. The maximum absolute atomic E-state index is 12.7. The van der Waals surface area contributed by atoms with Crippen molar-refractivity contribution < 1.29 is 28.8 Å². The van der Waals surface area contributed by atoms with Crippen molar-refractivity contribution in [2.45, 2.75) is 19.9 Å². The average Bonchev–Trinajstić information content (AvgIpc) is 3.40. The monoisotopic (exact) mass is 548 g/mol. The van der Waals surface area contributed by atoms with E-state index in [2.05, 4.69) is 21.1 Å². The molecule has 4 N–H and O–H groups in total. The first-order valence-corrected chi connectivity index (χ1v) is 12.3. The number of nitrogens with zero attached hydrogens (tertiary/aromatic N) is 1. The van der Waals surface area contributed by atoms with Gasteiger partial charge in [-0.1, -0.05) is 60.9 Å². The number of carboxylic acid groups (broad SMARTS) is 1. The van der Waals surface area contributed by atoms with Gasteiger partial charge >= 0.3 is 12.0 Å². The van der Waals surface area contributed by atoms with Gasteiger partial charge in [-0.15, -0.1) is 0 Å². The Hall–Kier alpha value is -4.83. The number of hydrogen-bond acceptors (Lipinski definition) is 6. The summed E-state index contributed by atoms with van der Waals surface area (Å²) < 4.78 is 11.0. The third-order valence-electron chi connectivity index (χ3n) is 5.55. The molecule has 1 atom stereocenters. The number of benzene rings is 3. The summed E-state index contributed by atoms with van der Waals surface area (Å²) in [6.07, 6.45) is 0. The van der Waals surface area contributed by atoms with Crippen LogP contribution in [0.4, 0.5) is 16.2 Å². The van der Waals surface area contributed by atoms with Gasteiger partial charge in [0.1, 0.15) is 17.5 Å². The van der Waals surface area contributed by atoms with Crippen LogP contribution in [-0.4, -0.2) is 34.2 Å². The first kappa shape index (κ1) is 27.2. The highest BCUT2D eigenvalue weighted by Crippen LogP contribution is 2.32. The van der Waals surface area contributed by atoms with E-state index >= 15 is 0 Å². The lowest BCUT2D eigenvalue weighted by Gasteiger charge is -2.16. The molecule has 3 amide bonds. The number of rotatable bonds is 9. The normalized spacial score (nSPS) is 11.5. The van der Waals surface area contributed by atoms with Gasteiger partial charge in [0.2, 0.25) is 5.76 Å². The summed E-state index contributed by atoms with van der Waals surface area (Å²) >= 11 is 6.11. The summed E-state index contributed by atoms with van der Waals surface area (Å²) in [6, 6.07) is 20.5. The molecule has 0 unspecified atom stereocenters. The second-order valence-electron chi connectivity index (χ2n) is 8.82. The summed E-state index contributed by atoms with van der Waals surface area (Å²) in [4.78, 5) is 36.4. The molecule has 0 spiro atoms. The predicted molar refractivity (Wildman–Crippen MR) is 146 cm³/mol. The molecule has 0 saturated carbocycles. The van der Waals surface area contributed by atoms with Crippen molar-refractivity contribution in [1.82, 2.24) is 10.5 Å². The Balaban J connectivity index is 1.39. The van der Waals surface area contributed by atoms with Crippen molar-refractivity contribution in [2.24, 2.45) is 5.92 Å². The first-order chi connectivity index (χ1) is 18.7. The number of hydrogen-bond donors (Lipinski definition) is 4. The zero-order valence-electron chi connectivity index (χ0n) is 21.0. The molecule has 39 heavy (non-hydrogen) atoms. The number of nitrogens with one attached hydrogen (secondary N) is 3. The van der Waals surface area contributed by atoms with Gasteiger partial charge in [-0.3, -0.25) is 4.79 Å². The van der Waals surface area contributed by atoms with Crippen LogP contribution in [-0.2, 0) is 4.79 Å². The number of ether oxygens (including phenoxy) is 1. The fourth-order valence-corrected chi connectivity index (χ4v) is 3.71. The molecule has 200 valence electrons. The number of halogens is 1. The van der Waals surface area contributed by atoms with E-state index in [1.807, 2.05) is 18.2 Å². The molecule has 1 heterocycles. The minimum absolute atomic E-state index is 0.116. The van der Waals surface area contributed by atoms with E-state index in [0.29, 0.717) is 39.2 Å². The lowest BCUT2D eigenvalue weighted by Crippen LogP contribution is -2.44. The highest BCUT2D eigenvalue weighted by Gasteiger charge is 2.26. The van der Waals surface area contributed by atoms with E-state index in [9.17, 15) is 19.5 Å². The van der Waals surface area contributed by atoms with E-state index in [1.165, 1.54) is 6.07 Å². The molecule has 0 fully saturated rings. The Morgan fingerprint density at radius 3 is 2.33 bits per heavy atom. The Bertz CT molecular complexity index is 1470. The molecule has 0 aliphatic carbocycles. The van der Waals surface area contributed by atoms with Crippen LogP contribution in [0.3, 0.4) is 0 Å². The molecular formula is C28H25ClN4O6. The molecule has 10 nitrogen and oxygen atoms in total. The zero-order chi connectivity index (χ0) is 27.9. The van der Waals surface area contributed by atoms with Gasteiger partial charge in [-0.05, 0) is 42.3 Å². The molecule has 0 saturated heterocycles. The van der Waals surface area contributed by atoms with E-state index in [0.717, 1.165) is 0 Å². The van der Waals surface area contributed by atoms with Gasteiger partial charge in [-0.25, -0.2) is 9.59 Å². The van der Waals surface area contributed by atoms with Gasteiger partial charge in [0.15, 0.2) is 5.75 Å². The van der Waals surface area contributed by atoms with E-state index in [4.69, 9.17) is 20.9 Å². The lowest BCUT2D eigenvalue weighted by atomic mass is 10.0. The lowest BCUT2D eigenvalue weighted by molar-refractivity contribution is -0.140. The number of para-hydroxylation sites is 1. The number of anilines is 2. The zero-order valence-corrected chi connectivity index (χ0v) is 21.7. The topological polar surface area (TPSA) is 143 Å². The van der Waals surface area contributed by atoms with Crippen LogP contribution in [0.2, 0.25) is 5.02 Å². The SMILES string of the molecule is CC(C)[C@H](NC(=O)c1cc(-c2ccc(NC(=O)Nc3ccc(Cl)cc3Oc3ccccc3)cc2)no1)C(=O)O. The molecule has 3 aromatic carbocycles. The first-order valence-electron chi connectivity index (χ1n) is 11.9. The quantitative estimate of drug-likeness (QED) is 0.193. The Labute approximate surface area is 228 Å². The van der Waals surface area contributed by atoms with Crippen molar-refractivity contribution in [1.29, 1.82) is 0 Å². The molecule has 4 aromatic rings. The number of aromatic nitrogens is 1. The summed E-state index contributed by atoms with van der Waals surface area (Å²) in [6.45, 7) is 3.38. The van der Waals surface area contributed by atoms with E-state index < -0.39 is 23.9 Å². The van der Waals surface area contributed by atoms with E-state index in [-0.39, 0.29) is 11.7 Å². The number of carboxylic acids is 1. The average molecular weight is 549 g/mol. The highest BCUT2D eigenvalue weighted by molar-refractivity contribution is 6.30. The predicted octanol–water partition coefficient (Wildman–Crippen LogP) is 6.27. The Morgan fingerprint density at radius 1 is 0.949 bits per heavy atom. The summed E-state index contributed by atoms with van der Waals surface area (Å²) in [7, 11) is 0. The molecule has 0 radical (unpaired) electrons. The molecule has 1 aromatic heterocycles. The van der Waals surface area contributed by atoms with Crippen LogP contribution >= 0.6 is 11.6 Å². The maximum Gasteiger partial charge on any atom is 0.326 e. The van der Waals surface area contributed by atoms with Gasteiger partial charge < -0.3 is 30.3 Å². The third kappa shape index (κ3) is 7.14. The second-order valence-corrected chi connectivity index (χ2v) is 9.26. The van der Waals surface area contributed by atoms with Gasteiger partial charge in [0.05, 0.1) is 5.69 Å². The fraction of sp³-hybridized carbons (Fsp3) is 0.143. The number of carbonyl (C=O) groups excluding carboxylic acids is 2. The molecular weight excluding hydrogens is 524 g/mol. The standard InChI is InChI=1S/C28H25ClN4O6/c1-16(2)25(27(35)36)32-26(34)24-15-22(33-39-24)17-8-11-19(12-9-17)30-28(37)31-21-13-10-18(29)14-23(21)38-20-6-4-3-5-7-20/h3-16,25H,1-2H3,(H,32,34)(H,35,36)(H2,30,31,37)/t25-/m0/s1. The Kier molecular flexibility index (Phi) is 8.47. The van der Waals surface area contributed by atoms with Crippen LogP contribution < -0.4 is 20.7 Å². The largest absolute Gasteiger partial charge is 0.480 e. The van der Waals surface area contributed by atoms with Gasteiger partial charge in [0, 0.05) is 28.4 Å². The molecule has 11 heteroatoms. The highest BCUT2D eigenvalue weighted by atomic mass is 35.5. The third-order valence-corrected chi connectivity index (χ3v) is 5.79. The van der Waals surface area contributed by atoms with E-state index in [1.54, 1.807) is 68.4 Å². The molecule has 4 rings (SSSR count). The minimum Gasteiger partial charge on any atom is -0.480 e. The smallest absolute Gasteiger partial charge is 0.326 e. The molecule has 0 aliphatic rings. The van der Waals surface area contributed by atoms with Crippen molar-refractivity contribution in [2.75, 3.05) is 10.6 Å². The second kappa shape index (κ2) is 12.1. The van der Waals surface area contributed by atoms with Crippen LogP contribution in [0.5, 0.6) is 11.5 Å². The van der Waals surface area contributed by atoms with Crippen LogP contribution in [0, 0.1) is 5.92 Å². The maximum atomic E-state index is 12.7. The van der Waals surface area contributed by atoms with Crippen LogP contribution in [0.15, 0.2) is 83.4 Å². The van der Waals surface area contributed by atoms with Crippen LogP contribution in [0.1, 0.15) is 24.4 Å². The summed E-state index contributed by atoms with van der Waals surface area (Å²) in [5.41, 5.74) is 1.92. The molecule has 0 aliphatic heterocycles. The van der Waals surface area contributed by atoms with Crippen LogP contribution in [0.25, 0.3) is 11.3 Å². The Morgan fingerprint density at radius 2 is 1.67 bits per heavy atom. The molecule has 0 bridgehead atoms. The van der Waals surface area contributed by atoms with Crippen molar-refractivity contribution in [3.8, 4) is 22.8 Å². The number of amides is 3. The summed E-state index contributed by atoms with van der Waals surface area (Å²) in [5.74, 6) is -1.27. The number of carbonyl (C=O) groups is 3. The van der Waals surface area contributed by atoms with Crippen molar-refractivity contribution in [3.63, 3.8) is 0 Å². The van der Waals surface area contributed by atoms with Crippen molar-refractivity contribution >= 4 is 40.9 Å². The van der Waals surface area contributed by atoms with Gasteiger partial charge in [0.25, 0.3) is 5.91 Å².